The van der Waals surface area contributed by atoms with Gasteiger partial charge in [0.25, 0.3) is 0 Å². The van der Waals surface area contributed by atoms with Crippen LogP contribution >= 0.6 is 0 Å². The summed E-state index contributed by atoms with van der Waals surface area (Å²) in [5.41, 5.74) is 0. The van der Waals surface area contributed by atoms with Crippen molar-refractivity contribution >= 4 is 0 Å². The van der Waals surface area contributed by atoms with Crippen LogP contribution in [0.4, 0.5) is 0 Å². The van der Waals surface area contributed by atoms with Crippen molar-refractivity contribution in [2.75, 3.05) is 13.2 Å². The summed E-state index contributed by atoms with van der Waals surface area (Å²) in [6, 6.07) is 0. The van der Waals surface area contributed by atoms with Crippen molar-refractivity contribution in [3.8, 4) is 0 Å². The van der Waals surface area contributed by atoms with E-state index in [4.69, 9.17) is 14.2 Å². The number of aliphatic hydroxyl groups excluding tert-OH is 1. The molecule has 0 aromatic rings. The second-order valence-corrected chi connectivity index (χ2v) is 3.73. The van der Waals surface area contributed by atoms with Crippen LogP contribution in [-0.2, 0) is 14.2 Å². The summed E-state index contributed by atoms with van der Waals surface area (Å²) in [7, 11) is 0. The van der Waals surface area contributed by atoms with E-state index in [0.29, 0.717) is 13.2 Å². The number of hydrogen-bond donors (Lipinski definition) is 1. The highest BCUT2D eigenvalue weighted by molar-refractivity contribution is 4.88. The Labute approximate surface area is 71.4 Å². The molecule has 0 spiro atoms. The first-order valence-electron chi connectivity index (χ1n) is 4.20. The maximum absolute atomic E-state index is 9.45. The van der Waals surface area contributed by atoms with Crippen LogP contribution in [0, 0.1) is 0 Å². The Hall–Kier alpha value is -0.160. The molecule has 2 aliphatic rings. The largest absolute Gasteiger partial charge is 0.388 e. The van der Waals surface area contributed by atoms with Crippen LogP contribution in [0.25, 0.3) is 0 Å². The average molecular weight is 174 g/mol. The maximum Gasteiger partial charge on any atom is 0.163 e. The first-order chi connectivity index (χ1) is 5.58. The summed E-state index contributed by atoms with van der Waals surface area (Å²) < 4.78 is 16.1. The highest BCUT2D eigenvalue weighted by Crippen LogP contribution is 2.29. The minimum absolute atomic E-state index is 0.0898. The fraction of sp³-hybridized carbons (Fsp3) is 1.00. The molecular formula is C8H14O4. The molecule has 4 heteroatoms. The van der Waals surface area contributed by atoms with Crippen molar-refractivity contribution in [1.82, 2.24) is 0 Å². The number of ether oxygens (including phenoxy) is 3. The molecule has 0 bridgehead atoms. The van der Waals surface area contributed by atoms with E-state index >= 15 is 0 Å². The Morgan fingerprint density at radius 1 is 1.33 bits per heavy atom. The van der Waals surface area contributed by atoms with Crippen LogP contribution in [0.15, 0.2) is 0 Å². The fourth-order valence-corrected chi connectivity index (χ4v) is 1.60. The van der Waals surface area contributed by atoms with E-state index in [1.54, 1.807) is 0 Å². The van der Waals surface area contributed by atoms with Crippen molar-refractivity contribution in [3.63, 3.8) is 0 Å². The van der Waals surface area contributed by atoms with Gasteiger partial charge in [-0.2, -0.15) is 0 Å². The van der Waals surface area contributed by atoms with Gasteiger partial charge in [-0.3, -0.25) is 0 Å². The third-order valence-electron chi connectivity index (χ3n) is 2.24. The molecule has 0 aromatic heterocycles. The molecule has 2 fully saturated rings. The minimum atomic E-state index is -0.587. The zero-order valence-electron chi connectivity index (χ0n) is 7.32. The second kappa shape index (κ2) is 2.67. The standard InChI is InChI=1S/C8H14O4/c1-8(2)11-4-6-7(12-8)5(9)3-10-6/h5-7,9H,3-4H2,1-2H3/t5-,6-,7-/m1/s1. The smallest absolute Gasteiger partial charge is 0.163 e. The normalized spacial score (nSPS) is 45.8. The summed E-state index contributed by atoms with van der Waals surface area (Å²) in [6.45, 7) is 4.55. The summed E-state index contributed by atoms with van der Waals surface area (Å²) in [4.78, 5) is 0. The molecule has 2 saturated heterocycles. The van der Waals surface area contributed by atoms with Gasteiger partial charge in [0.2, 0.25) is 0 Å². The van der Waals surface area contributed by atoms with Gasteiger partial charge in [0, 0.05) is 0 Å². The van der Waals surface area contributed by atoms with Crippen molar-refractivity contribution in [2.45, 2.75) is 37.9 Å². The predicted molar refractivity (Wildman–Crippen MR) is 40.7 cm³/mol. The number of hydrogen-bond acceptors (Lipinski definition) is 4. The van der Waals surface area contributed by atoms with Crippen LogP contribution in [0.2, 0.25) is 0 Å². The minimum Gasteiger partial charge on any atom is -0.388 e. The zero-order chi connectivity index (χ0) is 8.77. The molecule has 3 atom stereocenters. The van der Waals surface area contributed by atoms with E-state index < -0.39 is 11.9 Å². The van der Waals surface area contributed by atoms with Crippen molar-refractivity contribution in [1.29, 1.82) is 0 Å². The summed E-state index contributed by atoms with van der Waals surface area (Å²) in [6.07, 6.45) is -0.806. The lowest BCUT2D eigenvalue weighted by Gasteiger charge is -2.37. The van der Waals surface area contributed by atoms with Gasteiger partial charge in [0.1, 0.15) is 18.3 Å². The van der Waals surface area contributed by atoms with E-state index in [9.17, 15) is 5.11 Å². The maximum atomic E-state index is 9.45. The third kappa shape index (κ3) is 1.35. The molecule has 0 aliphatic carbocycles. The SMILES string of the molecule is CC1(C)OC[C@H]2OC[C@@H](O)[C@H]2O1. The monoisotopic (exact) mass is 174 g/mol. The van der Waals surface area contributed by atoms with Gasteiger partial charge in [0.05, 0.1) is 13.2 Å². The van der Waals surface area contributed by atoms with E-state index in [1.807, 2.05) is 13.8 Å². The lowest BCUT2D eigenvalue weighted by Crippen LogP contribution is -2.49. The van der Waals surface area contributed by atoms with E-state index in [0.717, 1.165) is 0 Å². The van der Waals surface area contributed by atoms with Gasteiger partial charge < -0.3 is 19.3 Å². The number of rotatable bonds is 0. The van der Waals surface area contributed by atoms with Crippen LogP contribution in [0.1, 0.15) is 13.8 Å². The summed E-state index contributed by atoms with van der Waals surface area (Å²) in [5.74, 6) is -0.587. The van der Waals surface area contributed by atoms with Crippen LogP contribution in [0.5, 0.6) is 0 Å². The Bertz CT molecular complexity index is 180. The summed E-state index contributed by atoms with van der Waals surface area (Å²) in [5, 5.41) is 9.45. The highest BCUT2D eigenvalue weighted by atomic mass is 16.7. The third-order valence-corrected chi connectivity index (χ3v) is 2.24. The lowest BCUT2D eigenvalue weighted by molar-refractivity contribution is -0.299. The van der Waals surface area contributed by atoms with E-state index in [2.05, 4.69) is 0 Å². The van der Waals surface area contributed by atoms with Gasteiger partial charge in [-0.25, -0.2) is 0 Å². The fourth-order valence-electron chi connectivity index (χ4n) is 1.60. The molecule has 70 valence electrons. The predicted octanol–water partition coefficient (Wildman–Crippen LogP) is -0.102. The van der Waals surface area contributed by atoms with Crippen molar-refractivity contribution in [2.24, 2.45) is 0 Å². The lowest BCUT2D eigenvalue weighted by atomic mass is 10.1. The first kappa shape index (κ1) is 8.44. The first-order valence-corrected chi connectivity index (χ1v) is 4.20. The van der Waals surface area contributed by atoms with Gasteiger partial charge in [-0.05, 0) is 13.8 Å². The molecule has 0 aromatic carbocycles. The number of aliphatic hydroxyl groups is 1. The Kier molecular flexibility index (Phi) is 1.88. The summed E-state index contributed by atoms with van der Waals surface area (Å²) >= 11 is 0. The Morgan fingerprint density at radius 3 is 2.83 bits per heavy atom. The van der Waals surface area contributed by atoms with Gasteiger partial charge in [-0.1, -0.05) is 0 Å². The van der Waals surface area contributed by atoms with Gasteiger partial charge >= 0.3 is 0 Å². The Balaban J connectivity index is 2.07. The highest BCUT2D eigenvalue weighted by Gasteiger charge is 2.45. The molecule has 12 heavy (non-hydrogen) atoms. The van der Waals surface area contributed by atoms with Gasteiger partial charge in [-0.15, -0.1) is 0 Å². The molecule has 0 unspecified atom stereocenters. The topological polar surface area (TPSA) is 47.9 Å². The van der Waals surface area contributed by atoms with Crippen LogP contribution in [-0.4, -0.2) is 42.4 Å². The molecule has 0 saturated carbocycles. The van der Waals surface area contributed by atoms with Crippen molar-refractivity contribution in [3.05, 3.63) is 0 Å². The second-order valence-electron chi connectivity index (χ2n) is 3.73. The van der Waals surface area contributed by atoms with Crippen LogP contribution in [0.3, 0.4) is 0 Å². The van der Waals surface area contributed by atoms with Gasteiger partial charge in [0.15, 0.2) is 5.79 Å². The average Bonchev–Trinajstić information content (AvgIpc) is 2.31. The van der Waals surface area contributed by atoms with Crippen molar-refractivity contribution < 1.29 is 19.3 Å². The molecule has 1 N–H and O–H groups in total. The molecule has 4 nitrogen and oxygen atoms in total. The van der Waals surface area contributed by atoms with E-state index in [1.165, 1.54) is 0 Å². The molecular weight excluding hydrogens is 160 g/mol. The van der Waals surface area contributed by atoms with E-state index in [-0.39, 0.29) is 12.2 Å². The molecule has 2 rings (SSSR count). The molecule has 2 aliphatic heterocycles. The van der Waals surface area contributed by atoms with Crippen LogP contribution < -0.4 is 0 Å². The molecule has 0 radical (unpaired) electrons. The Morgan fingerprint density at radius 2 is 2.08 bits per heavy atom. The number of fused-ring (bicyclic) bond motifs is 1. The quantitative estimate of drug-likeness (QED) is 0.557. The molecule has 0 amide bonds. The zero-order valence-corrected chi connectivity index (χ0v) is 7.32. The molecule has 2 heterocycles.